The highest BCUT2D eigenvalue weighted by Gasteiger charge is 2.15. The molecule has 4 aromatic rings. The molecule has 3 heterocycles. The van der Waals surface area contributed by atoms with Gasteiger partial charge in [-0.25, -0.2) is 14.5 Å². The molecule has 3 aromatic heterocycles. The summed E-state index contributed by atoms with van der Waals surface area (Å²) in [5.74, 6) is 0.912. The summed E-state index contributed by atoms with van der Waals surface area (Å²) in [5.41, 5.74) is 6.27. The lowest BCUT2D eigenvalue weighted by Crippen LogP contribution is -2.14. The smallest absolute Gasteiger partial charge is 0.224 e. The Morgan fingerprint density at radius 1 is 1.26 bits per heavy atom. The van der Waals surface area contributed by atoms with Crippen LogP contribution in [0.2, 0.25) is 0 Å². The van der Waals surface area contributed by atoms with Crippen LogP contribution in [0.3, 0.4) is 0 Å². The Morgan fingerprint density at radius 3 is 2.87 bits per heavy atom. The number of hydrogen-bond donors (Lipinski definition) is 2. The average Bonchev–Trinajstić information content (AvgIpc) is 3.35. The fraction of sp³-hybridized carbons (Fsp3) is 0.348. The first kappa shape index (κ1) is 20.5. The van der Waals surface area contributed by atoms with Gasteiger partial charge in [-0.15, -0.1) is 0 Å². The number of amides is 1. The Balaban J connectivity index is 1.45. The second-order valence-electron chi connectivity index (χ2n) is 7.73. The first-order valence-electron chi connectivity index (χ1n) is 10.5. The van der Waals surface area contributed by atoms with Gasteiger partial charge in [0.2, 0.25) is 5.91 Å². The van der Waals surface area contributed by atoms with Crippen LogP contribution in [0.1, 0.15) is 54.5 Å². The standard InChI is InChI=1S/C23H25N7O/c1-4-5-6-21-28-19-9-7-17(11-20(19)29-21)27-22(31)10-8-18-14(2)26-23-16(12-24)13-25-30(23)15(18)3/h7,9,11,13H,4-6,8,10H2,1-3H3,(H,27,31)(H,28,29). The molecule has 0 fully saturated rings. The summed E-state index contributed by atoms with van der Waals surface area (Å²) in [6.07, 6.45) is 5.53. The number of aromatic nitrogens is 5. The molecule has 0 unspecified atom stereocenters. The topological polar surface area (TPSA) is 112 Å². The van der Waals surface area contributed by atoms with E-state index in [1.165, 1.54) is 6.20 Å². The highest BCUT2D eigenvalue weighted by molar-refractivity contribution is 5.93. The van der Waals surface area contributed by atoms with Crippen molar-refractivity contribution < 1.29 is 4.79 Å². The minimum atomic E-state index is -0.0675. The lowest BCUT2D eigenvalue weighted by atomic mass is 10.1. The molecule has 8 heteroatoms. The van der Waals surface area contributed by atoms with Crippen molar-refractivity contribution in [2.45, 2.75) is 52.9 Å². The number of nitrogens with one attached hydrogen (secondary N) is 2. The van der Waals surface area contributed by atoms with Crippen molar-refractivity contribution in [3.8, 4) is 6.07 Å². The lowest BCUT2D eigenvalue weighted by molar-refractivity contribution is -0.116. The van der Waals surface area contributed by atoms with Gasteiger partial charge in [0.15, 0.2) is 5.65 Å². The van der Waals surface area contributed by atoms with Crippen LogP contribution in [-0.2, 0) is 17.6 Å². The van der Waals surface area contributed by atoms with Crippen molar-refractivity contribution in [3.05, 3.63) is 52.7 Å². The Bertz CT molecular complexity index is 1310. The van der Waals surface area contributed by atoms with E-state index < -0.39 is 0 Å². The van der Waals surface area contributed by atoms with E-state index in [0.717, 1.165) is 58.8 Å². The van der Waals surface area contributed by atoms with Crippen molar-refractivity contribution in [2.75, 3.05) is 5.32 Å². The number of carbonyl (C=O) groups is 1. The van der Waals surface area contributed by atoms with Gasteiger partial charge < -0.3 is 10.3 Å². The van der Waals surface area contributed by atoms with Gasteiger partial charge in [0.1, 0.15) is 17.5 Å². The maximum absolute atomic E-state index is 12.6. The molecule has 31 heavy (non-hydrogen) atoms. The highest BCUT2D eigenvalue weighted by atomic mass is 16.1. The molecule has 8 nitrogen and oxygen atoms in total. The number of rotatable bonds is 7. The molecular weight excluding hydrogens is 390 g/mol. The number of anilines is 1. The molecule has 158 valence electrons. The van der Waals surface area contributed by atoms with E-state index >= 15 is 0 Å². The van der Waals surface area contributed by atoms with Crippen LogP contribution in [-0.4, -0.2) is 30.5 Å². The lowest BCUT2D eigenvalue weighted by Gasteiger charge is -2.11. The predicted octanol–water partition coefficient (Wildman–Crippen LogP) is 4.01. The van der Waals surface area contributed by atoms with Gasteiger partial charge in [-0.2, -0.15) is 10.4 Å². The van der Waals surface area contributed by atoms with E-state index in [-0.39, 0.29) is 5.91 Å². The number of carbonyl (C=O) groups excluding carboxylic acids is 1. The number of nitrogens with zero attached hydrogens (tertiary/aromatic N) is 5. The molecule has 0 radical (unpaired) electrons. The van der Waals surface area contributed by atoms with Gasteiger partial charge in [-0.1, -0.05) is 13.3 Å². The number of aryl methyl sites for hydroxylation is 3. The molecule has 0 aliphatic heterocycles. The Labute approximate surface area is 180 Å². The summed E-state index contributed by atoms with van der Waals surface area (Å²) in [5, 5.41) is 16.4. The first-order chi connectivity index (χ1) is 15.0. The van der Waals surface area contributed by atoms with Crippen molar-refractivity contribution >= 4 is 28.3 Å². The molecule has 0 bridgehead atoms. The van der Waals surface area contributed by atoms with Crippen LogP contribution in [0.5, 0.6) is 0 Å². The van der Waals surface area contributed by atoms with Crippen molar-refractivity contribution in [2.24, 2.45) is 0 Å². The number of nitriles is 1. The van der Waals surface area contributed by atoms with Crippen LogP contribution in [0, 0.1) is 25.2 Å². The Morgan fingerprint density at radius 2 is 2.10 bits per heavy atom. The van der Waals surface area contributed by atoms with Crippen LogP contribution in [0.15, 0.2) is 24.4 Å². The van der Waals surface area contributed by atoms with Crippen LogP contribution >= 0.6 is 0 Å². The summed E-state index contributed by atoms with van der Waals surface area (Å²) in [6, 6.07) is 7.83. The SMILES string of the molecule is CCCCc1nc2ccc(NC(=O)CCc3c(C)nc4c(C#N)cnn4c3C)cc2[nH]1. The zero-order valence-electron chi connectivity index (χ0n) is 18.0. The van der Waals surface area contributed by atoms with E-state index in [1.54, 1.807) is 4.52 Å². The number of imidazole rings is 1. The Hall–Kier alpha value is -3.73. The number of benzene rings is 1. The average molecular weight is 416 g/mol. The van der Waals surface area contributed by atoms with Gasteiger partial charge >= 0.3 is 0 Å². The van der Waals surface area contributed by atoms with Gasteiger partial charge in [0.25, 0.3) is 0 Å². The van der Waals surface area contributed by atoms with Gasteiger partial charge in [-0.3, -0.25) is 4.79 Å². The van der Waals surface area contributed by atoms with Gasteiger partial charge in [0, 0.05) is 29.9 Å². The van der Waals surface area contributed by atoms with Gasteiger partial charge in [0.05, 0.1) is 17.2 Å². The molecule has 4 rings (SSSR count). The number of hydrogen-bond acceptors (Lipinski definition) is 5. The minimum absolute atomic E-state index is 0.0675. The van der Waals surface area contributed by atoms with Crippen molar-refractivity contribution in [3.63, 3.8) is 0 Å². The molecule has 0 atom stereocenters. The van der Waals surface area contributed by atoms with E-state index in [4.69, 9.17) is 0 Å². The molecule has 0 aliphatic carbocycles. The second-order valence-corrected chi connectivity index (χ2v) is 7.73. The summed E-state index contributed by atoms with van der Waals surface area (Å²) >= 11 is 0. The molecule has 0 saturated carbocycles. The van der Waals surface area contributed by atoms with E-state index in [9.17, 15) is 10.1 Å². The maximum Gasteiger partial charge on any atom is 0.224 e. The first-order valence-corrected chi connectivity index (χ1v) is 10.5. The zero-order valence-corrected chi connectivity index (χ0v) is 18.0. The monoisotopic (exact) mass is 415 g/mol. The molecule has 0 aliphatic rings. The molecular formula is C23H25N7O. The third-order valence-corrected chi connectivity index (χ3v) is 5.51. The molecule has 0 saturated heterocycles. The minimum Gasteiger partial charge on any atom is -0.342 e. The second kappa shape index (κ2) is 8.56. The van der Waals surface area contributed by atoms with Crippen molar-refractivity contribution in [1.82, 2.24) is 24.6 Å². The van der Waals surface area contributed by atoms with Crippen molar-refractivity contribution in [1.29, 1.82) is 5.26 Å². The van der Waals surface area contributed by atoms with E-state index in [0.29, 0.717) is 24.1 Å². The predicted molar refractivity (Wildman–Crippen MR) is 119 cm³/mol. The molecule has 1 aromatic carbocycles. The van der Waals surface area contributed by atoms with Crippen LogP contribution < -0.4 is 5.32 Å². The normalized spacial score (nSPS) is 11.2. The fourth-order valence-corrected chi connectivity index (χ4v) is 3.82. The third kappa shape index (κ3) is 4.12. The highest BCUT2D eigenvalue weighted by Crippen LogP contribution is 2.20. The molecule has 2 N–H and O–H groups in total. The fourth-order valence-electron chi connectivity index (χ4n) is 3.82. The van der Waals surface area contributed by atoms with Crippen LogP contribution in [0.25, 0.3) is 16.7 Å². The number of unbranched alkanes of at least 4 members (excludes halogenated alkanes) is 1. The maximum atomic E-state index is 12.6. The number of fused-ring (bicyclic) bond motifs is 2. The van der Waals surface area contributed by atoms with Crippen LogP contribution in [0.4, 0.5) is 5.69 Å². The number of H-pyrrole nitrogens is 1. The van der Waals surface area contributed by atoms with E-state index in [2.05, 4.69) is 38.4 Å². The third-order valence-electron chi connectivity index (χ3n) is 5.51. The molecule has 1 amide bonds. The summed E-state index contributed by atoms with van der Waals surface area (Å²) in [4.78, 5) is 25.0. The summed E-state index contributed by atoms with van der Waals surface area (Å²) in [6.45, 7) is 5.99. The molecule has 0 spiro atoms. The zero-order chi connectivity index (χ0) is 22.0. The quantitative estimate of drug-likeness (QED) is 0.474. The summed E-state index contributed by atoms with van der Waals surface area (Å²) in [7, 11) is 0. The van der Waals surface area contributed by atoms with Gasteiger partial charge in [-0.05, 0) is 50.5 Å². The summed E-state index contributed by atoms with van der Waals surface area (Å²) < 4.78 is 1.67. The van der Waals surface area contributed by atoms with E-state index in [1.807, 2.05) is 32.0 Å². The number of aromatic amines is 1. The largest absolute Gasteiger partial charge is 0.342 e. The Kier molecular flexibility index (Phi) is 5.67.